The first-order chi connectivity index (χ1) is 8.27. The molecule has 2 aromatic rings. The molecule has 1 aliphatic rings. The molecule has 0 aromatic carbocycles. The average molecular weight is 230 g/mol. The van der Waals surface area contributed by atoms with Crippen LogP contribution in [-0.4, -0.2) is 27.5 Å². The van der Waals surface area contributed by atoms with Crippen LogP contribution in [0.3, 0.4) is 0 Å². The summed E-state index contributed by atoms with van der Waals surface area (Å²) in [5.74, 6) is 1.86. The molecule has 0 radical (unpaired) electrons. The van der Waals surface area contributed by atoms with Gasteiger partial charge in [-0.3, -0.25) is 4.40 Å². The Balaban J connectivity index is 2.20. The SMILES string of the molecule is CC(C)c1nc2ncccn2c1C1CCNC1. The smallest absolute Gasteiger partial charge is 0.234 e. The number of hydrogen-bond acceptors (Lipinski definition) is 3. The molecule has 1 aliphatic heterocycles. The van der Waals surface area contributed by atoms with Crippen molar-refractivity contribution < 1.29 is 0 Å². The van der Waals surface area contributed by atoms with Crippen molar-refractivity contribution in [3.05, 3.63) is 29.8 Å². The van der Waals surface area contributed by atoms with Crippen molar-refractivity contribution in [2.24, 2.45) is 0 Å². The zero-order chi connectivity index (χ0) is 11.8. The van der Waals surface area contributed by atoms with Crippen molar-refractivity contribution >= 4 is 5.78 Å². The minimum atomic E-state index is 0.451. The van der Waals surface area contributed by atoms with E-state index in [2.05, 4.69) is 39.7 Å². The van der Waals surface area contributed by atoms with Crippen LogP contribution in [0.15, 0.2) is 18.5 Å². The quantitative estimate of drug-likeness (QED) is 0.857. The fourth-order valence-corrected chi connectivity index (χ4v) is 2.64. The van der Waals surface area contributed by atoms with Gasteiger partial charge in [0.25, 0.3) is 0 Å². The predicted molar refractivity (Wildman–Crippen MR) is 67.3 cm³/mol. The van der Waals surface area contributed by atoms with Crippen LogP contribution < -0.4 is 5.32 Å². The van der Waals surface area contributed by atoms with Crippen molar-refractivity contribution in [3.63, 3.8) is 0 Å². The third-order valence-corrected chi connectivity index (χ3v) is 3.46. The molecule has 0 aliphatic carbocycles. The Morgan fingerprint density at radius 2 is 2.35 bits per heavy atom. The van der Waals surface area contributed by atoms with E-state index >= 15 is 0 Å². The van der Waals surface area contributed by atoms with Crippen LogP contribution in [0.5, 0.6) is 0 Å². The van der Waals surface area contributed by atoms with Gasteiger partial charge in [-0.2, -0.15) is 0 Å². The summed E-state index contributed by atoms with van der Waals surface area (Å²) >= 11 is 0. The first-order valence-electron chi connectivity index (χ1n) is 6.31. The second-order valence-corrected chi connectivity index (χ2v) is 5.02. The molecule has 90 valence electrons. The average Bonchev–Trinajstić information content (AvgIpc) is 2.94. The molecule has 1 N–H and O–H groups in total. The van der Waals surface area contributed by atoms with E-state index in [4.69, 9.17) is 0 Å². The molecule has 3 rings (SSSR count). The summed E-state index contributed by atoms with van der Waals surface area (Å²) in [5, 5.41) is 3.43. The van der Waals surface area contributed by atoms with E-state index in [1.165, 1.54) is 17.8 Å². The monoisotopic (exact) mass is 230 g/mol. The Labute approximate surface area is 101 Å². The Morgan fingerprint density at radius 1 is 1.47 bits per heavy atom. The highest BCUT2D eigenvalue weighted by Crippen LogP contribution is 2.30. The summed E-state index contributed by atoms with van der Waals surface area (Å²) < 4.78 is 2.16. The Bertz CT molecular complexity index is 523. The fraction of sp³-hybridized carbons (Fsp3) is 0.538. The molecule has 17 heavy (non-hydrogen) atoms. The number of fused-ring (bicyclic) bond motifs is 1. The van der Waals surface area contributed by atoms with Gasteiger partial charge in [-0.15, -0.1) is 0 Å². The standard InChI is InChI=1S/C13H18N4/c1-9(2)11-12(10-4-6-14-8-10)17-7-3-5-15-13(17)16-11/h3,5,7,9-10,14H,4,6,8H2,1-2H3. The topological polar surface area (TPSA) is 42.2 Å². The molecule has 3 heterocycles. The summed E-state index contributed by atoms with van der Waals surface area (Å²) in [6, 6.07) is 1.98. The molecule has 4 heteroatoms. The lowest BCUT2D eigenvalue weighted by Gasteiger charge is -2.12. The highest BCUT2D eigenvalue weighted by molar-refractivity contribution is 5.39. The summed E-state index contributed by atoms with van der Waals surface area (Å²) in [6.45, 7) is 6.57. The summed E-state index contributed by atoms with van der Waals surface area (Å²) in [6.07, 6.45) is 5.08. The molecule has 1 unspecified atom stereocenters. The van der Waals surface area contributed by atoms with Crippen LogP contribution in [0.4, 0.5) is 0 Å². The van der Waals surface area contributed by atoms with E-state index in [0.717, 1.165) is 18.9 Å². The molecule has 1 atom stereocenters. The molecule has 0 bridgehead atoms. The van der Waals surface area contributed by atoms with Crippen LogP contribution in [0.25, 0.3) is 5.78 Å². The number of imidazole rings is 1. The van der Waals surface area contributed by atoms with Crippen molar-refractivity contribution in [2.75, 3.05) is 13.1 Å². The normalized spacial score (nSPS) is 20.5. The third kappa shape index (κ3) is 1.72. The van der Waals surface area contributed by atoms with E-state index in [1.807, 2.05) is 12.3 Å². The van der Waals surface area contributed by atoms with Gasteiger partial charge in [0.15, 0.2) is 0 Å². The third-order valence-electron chi connectivity index (χ3n) is 3.46. The van der Waals surface area contributed by atoms with E-state index in [9.17, 15) is 0 Å². The minimum Gasteiger partial charge on any atom is -0.316 e. The molecule has 2 aromatic heterocycles. The van der Waals surface area contributed by atoms with Crippen LogP contribution >= 0.6 is 0 Å². The van der Waals surface area contributed by atoms with Gasteiger partial charge >= 0.3 is 0 Å². The zero-order valence-corrected chi connectivity index (χ0v) is 10.3. The van der Waals surface area contributed by atoms with Crippen molar-refractivity contribution in [1.29, 1.82) is 0 Å². The van der Waals surface area contributed by atoms with Gasteiger partial charge in [-0.1, -0.05) is 13.8 Å². The van der Waals surface area contributed by atoms with Crippen molar-refractivity contribution in [1.82, 2.24) is 19.7 Å². The van der Waals surface area contributed by atoms with Crippen LogP contribution in [0, 0.1) is 0 Å². The van der Waals surface area contributed by atoms with E-state index in [0.29, 0.717) is 11.8 Å². The maximum atomic E-state index is 4.68. The number of rotatable bonds is 2. The lowest BCUT2D eigenvalue weighted by Crippen LogP contribution is -2.11. The molecule has 1 fully saturated rings. The second kappa shape index (κ2) is 4.11. The number of hydrogen-bond donors (Lipinski definition) is 1. The first kappa shape index (κ1) is 10.7. The molecular formula is C13H18N4. The number of nitrogens with one attached hydrogen (secondary N) is 1. The van der Waals surface area contributed by atoms with Crippen molar-refractivity contribution in [3.8, 4) is 0 Å². The molecular weight excluding hydrogens is 212 g/mol. The lowest BCUT2D eigenvalue weighted by molar-refractivity contribution is 0.693. The molecule has 1 saturated heterocycles. The number of aromatic nitrogens is 3. The summed E-state index contributed by atoms with van der Waals surface area (Å²) in [4.78, 5) is 9.03. The van der Waals surface area contributed by atoms with Crippen molar-refractivity contribution in [2.45, 2.75) is 32.1 Å². The van der Waals surface area contributed by atoms with Gasteiger partial charge in [0.05, 0.1) is 11.4 Å². The van der Waals surface area contributed by atoms with E-state index in [1.54, 1.807) is 0 Å². The van der Waals surface area contributed by atoms with Gasteiger partial charge in [-0.25, -0.2) is 9.97 Å². The van der Waals surface area contributed by atoms with E-state index < -0.39 is 0 Å². The van der Waals surface area contributed by atoms with Crippen LogP contribution in [0.2, 0.25) is 0 Å². The highest BCUT2D eigenvalue weighted by Gasteiger charge is 2.25. The van der Waals surface area contributed by atoms with Gasteiger partial charge in [-0.05, 0) is 24.9 Å². The van der Waals surface area contributed by atoms with Gasteiger partial charge < -0.3 is 5.32 Å². The Kier molecular flexibility index (Phi) is 2.59. The molecule has 0 spiro atoms. The Hall–Kier alpha value is -1.42. The van der Waals surface area contributed by atoms with Gasteiger partial charge in [0, 0.05) is 24.9 Å². The summed E-state index contributed by atoms with van der Waals surface area (Å²) in [5.41, 5.74) is 2.56. The second-order valence-electron chi connectivity index (χ2n) is 5.02. The molecule has 4 nitrogen and oxygen atoms in total. The predicted octanol–water partition coefficient (Wildman–Crippen LogP) is 1.93. The fourth-order valence-electron chi connectivity index (χ4n) is 2.64. The maximum absolute atomic E-state index is 4.68. The Morgan fingerprint density at radius 3 is 3.06 bits per heavy atom. The van der Waals surface area contributed by atoms with Crippen LogP contribution in [0.1, 0.15) is 43.5 Å². The van der Waals surface area contributed by atoms with E-state index in [-0.39, 0.29) is 0 Å². The maximum Gasteiger partial charge on any atom is 0.234 e. The molecule has 0 amide bonds. The van der Waals surface area contributed by atoms with Crippen LogP contribution in [-0.2, 0) is 0 Å². The highest BCUT2D eigenvalue weighted by atomic mass is 15.1. The van der Waals surface area contributed by atoms with Gasteiger partial charge in [0.1, 0.15) is 0 Å². The zero-order valence-electron chi connectivity index (χ0n) is 10.3. The lowest BCUT2D eigenvalue weighted by atomic mass is 9.98. The van der Waals surface area contributed by atoms with Gasteiger partial charge in [0.2, 0.25) is 5.78 Å². The molecule has 0 saturated carbocycles. The largest absolute Gasteiger partial charge is 0.316 e. The minimum absolute atomic E-state index is 0.451. The summed E-state index contributed by atoms with van der Waals surface area (Å²) in [7, 11) is 0. The first-order valence-corrected chi connectivity index (χ1v) is 6.31. The number of nitrogens with zero attached hydrogens (tertiary/aromatic N) is 3.